The van der Waals surface area contributed by atoms with E-state index in [4.69, 9.17) is 0 Å². The lowest BCUT2D eigenvalue weighted by Gasteiger charge is -2.28. The van der Waals surface area contributed by atoms with E-state index >= 15 is 0 Å². The summed E-state index contributed by atoms with van der Waals surface area (Å²) in [5.41, 5.74) is 0.685. The predicted octanol–water partition coefficient (Wildman–Crippen LogP) is 1.27. The summed E-state index contributed by atoms with van der Waals surface area (Å²) in [6.45, 7) is 2.82. The lowest BCUT2D eigenvalue weighted by atomic mass is 9.97. The van der Waals surface area contributed by atoms with E-state index in [9.17, 15) is 14.7 Å². The quantitative estimate of drug-likeness (QED) is 0.862. The van der Waals surface area contributed by atoms with Crippen LogP contribution in [0.2, 0.25) is 0 Å². The van der Waals surface area contributed by atoms with Crippen LogP contribution in [0, 0.1) is 5.92 Å². The van der Waals surface area contributed by atoms with Crippen LogP contribution in [-0.2, 0) is 9.59 Å². The van der Waals surface area contributed by atoms with Crippen LogP contribution in [0.3, 0.4) is 0 Å². The number of phenols is 1. The molecule has 2 rings (SSSR count). The van der Waals surface area contributed by atoms with Gasteiger partial charge in [-0.15, -0.1) is 0 Å². The number of nitrogens with zero attached hydrogens (tertiary/aromatic N) is 1. The minimum Gasteiger partial charge on any atom is -0.508 e. The number of nitrogens with one attached hydrogen (secondary N) is 1. The second-order valence-corrected chi connectivity index (χ2v) is 4.64. The van der Waals surface area contributed by atoms with Crippen molar-refractivity contribution in [3.8, 4) is 5.75 Å². The number of carbonyl (C=O) groups is 2. The summed E-state index contributed by atoms with van der Waals surface area (Å²) in [6.07, 6.45) is 0.980. The van der Waals surface area contributed by atoms with Gasteiger partial charge in [-0.1, -0.05) is 6.07 Å². The van der Waals surface area contributed by atoms with Crippen LogP contribution in [0.1, 0.15) is 19.8 Å². The van der Waals surface area contributed by atoms with Crippen molar-refractivity contribution in [3.63, 3.8) is 0 Å². The van der Waals surface area contributed by atoms with Crippen LogP contribution in [0.15, 0.2) is 24.3 Å². The third-order valence-electron chi connectivity index (χ3n) is 3.34. The zero-order valence-corrected chi connectivity index (χ0v) is 10.9. The first kappa shape index (κ1) is 13.4. The number of benzene rings is 1. The minimum atomic E-state index is -0.181. The fraction of sp³-hybridized carbons (Fsp3) is 0.429. The SMILES string of the molecule is CCN(C(=O)C1CCC(=O)NC1)c1cccc(O)c1. The summed E-state index contributed by atoms with van der Waals surface area (Å²) >= 11 is 0. The van der Waals surface area contributed by atoms with E-state index in [1.807, 2.05) is 6.92 Å². The van der Waals surface area contributed by atoms with Crippen molar-refractivity contribution in [1.29, 1.82) is 0 Å². The van der Waals surface area contributed by atoms with Crippen molar-refractivity contribution in [2.45, 2.75) is 19.8 Å². The van der Waals surface area contributed by atoms with Gasteiger partial charge in [0, 0.05) is 31.3 Å². The molecule has 1 heterocycles. The Hall–Kier alpha value is -2.04. The molecule has 2 N–H and O–H groups in total. The second-order valence-electron chi connectivity index (χ2n) is 4.64. The summed E-state index contributed by atoms with van der Waals surface area (Å²) in [7, 11) is 0. The van der Waals surface area contributed by atoms with Gasteiger partial charge in [0.25, 0.3) is 0 Å². The van der Waals surface area contributed by atoms with Crippen LogP contribution >= 0.6 is 0 Å². The highest BCUT2D eigenvalue weighted by molar-refractivity contribution is 5.96. The zero-order valence-electron chi connectivity index (χ0n) is 10.9. The highest BCUT2D eigenvalue weighted by Gasteiger charge is 2.28. The maximum atomic E-state index is 12.4. The first-order valence-electron chi connectivity index (χ1n) is 6.49. The topological polar surface area (TPSA) is 69.6 Å². The molecule has 1 unspecified atom stereocenters. The zero-order chi connectivity index (χ0) is 13.8. The Bertz CT molecular complexity index is 477. The van der Waals surface area contributed by atoms with Crippen molar-refractivity contribution in [1.82, 2.24) is 5.32 Å². The molecule has 1 aliphatic rings. The van der Waals surface area contributed by atoms with E-state index in [0.717, 1.165) is 0 Å². The molecule has 1 aliphatic heterocycles. The smallest absolute Gasteiger partial charge is 0.231 e. The Morgan fingerprint density at radius 1 is 1.53 bits per heavy atom. The van der Waals surface area contributed by atoms with Gasteiger partial charge in [0.05, 0.1) is 5.92 Å². The highest BCUT2D eigenvalue weighted by atomic mass is 16.3. The molecule has 0 spiro atoms. The van der Waals surface area contributed by atoms with E-state index in [1.165, 1.54) is 0 Å². The average Bonchev–Trinajstić information content (AvgIpc) is 2.40. The molecule has 0 bridgehead atoms. The van der Waals surface area contributed by atoms with Crippen molar-refractivity contribution >= 4 is 17.5 Å². The third-order valence-corrected chi connectivity index (χ3v) is 3.34. The van der Waals surface area contributed by atoms with Gasteiger partial charge >= 0.3 is 0 Å². The second kappa shape index (κ2) is 5.73. The van der Waals surface area contributed by atoms with Crippen LogP contribution in [0.4, 0.5) is 5.69 Å². The van der Waals surface area contributed by atoms with Crippen molar-refractivity contribution in [2.75, 3.05) is 18.0 Å². The van der Waals surface area contributed by atoms with Gasteiger partial charge in [-0.2, -0.15) is 0 Å². The summed E-state index contributed by atoms with van der Waals surface area (Å²) in [5.74, 6) is -0.0433. The Kier molecular flexibility index (Phi) is 4.04. The molecule has 2 amide bonds. The Morgan fingerprint density at radius 2 is 2.32 bits per heavy atom. The fourth-order valence-corrected chi connectivity index (χ4v) is 2.29. The molecule has 1 aromatic carbocycles. The molecule has 0 radical (unpaired) electrons. The number of anilines is 1. The molecule has 1 saturated heterocycles. The number of hydrogen-bond donors (Lipinski definition) is 2. The van der Waals surface area contributed by atoms with Gasteiger partial charge in [-0.05, 0) is 25.5 Å². The molecule has 1 fully saturated rings. The number of rotatable bonds is 3. The monoisotopic (exact) mass is 262 g/mol. The number of piperidine rings is 1. The predicted molar refractivity (Wildman–Crippen MR) is 71.9 cm³/mol. The molecule has 5 nitrogen and oxygen atoms in total. The van der Waals surface area contributed by atoms with Crippen LogP contribution < -0.4 is 10.2 Å². The lowest BCUT2D eigenvalue weighted by molar-refractivity contribution is -0.127. The van der Waals surface area contributed by atoms with E-state index in [-0.39, 0.29) is 23.5 Å². The van der Waals surface area contributed by atoms with Gasteiger partial charge in [0.1, 0.15) is 5.75 Å². The number of hydrogen-bond acceptors (Lipinski definition) is 3. The Balaban J connectivity index is 2.13. The standard InChI is InChI=1S/C14H18N2O3/c1-2-16(11-4-3-5-12(17)8-11)14(19)10-6-7-13(18)15-9-10/h3-5,8,10,17H,2,6-7,9H2,1H3,(H,15,18). The Morgan fingerprint density at radius 3 is 2.89 bits per heavy atom. The van der Waals surface area contributed by atoms with E-state index in [1.54, 1.807) is 29.2 Å². The van der Waals surface area contributed by atoms with E-state index < -0.39 is 0 Å². The van der Waals surface area contributed by atoms with Gasteiger partial charge in [-0.25, -0.2) is 0 Å². The first-order valence-corrected chi connectivity index (χ1v) is 6.49. The van der Waals surface area contributed by atoms with Gasteiger partial charge < -0.3 is 15.3 Å². The summed E-state index contributed by atoms with van der Waals surface area (Å²) in [6, 6.07) is 6.65. The molecular weight excluding hydrogens is 244 g/mol. The van der Waals surface area contributed by atoms with Crippen LogP contribution in [0.5, 0.6) is 5.75 Å². The maximum absolute atomic E-state index is 12.4. The molecule has 0 aliphatic carbocycles. The number of phenolic OH excluding ortho intramolecular Hbond substituents is 1. The molecular formula is C14H18N2O3. The number of carbonyl (C=O) groups excluding carboxylic acids is 2. The maximum Gasteiger partial charge on any atom is 0.231 e. The number of aromatic hydroxyl groups is 1. The third kappa shape index (κ3) is 3.05. The van der Waals surface area contributed by atoms with Crippen molar-refractivity contribution in [2.24, 2.45) is 5.92 Å². The lowest BCUT2D eigenvalue weighted by Crippen LogP contribution is -2.45. The number of amides is 2. The summed E-state index contributed by atoms with van der Waals surface area (Å²) in [4.78, 5) is 25.2. The molecule has 19 heavy (non-hydrogen) atoms. The van der Waals surface area contributed by atoms with Gasteiger partial charge in [0.2, 0.25) is 11.8 Å². The van der Waals surface area contributed by atoms with Crippen molar-refractivity contribution < 1.29 is 14.7 Å². The molecule has 0 aromatic heterocycles. The molecule has 5 heteroatoms. The first-order chi connectivity index (χ1) is 9.11. The van der Waals surface area contributed by atoms with E-state index in [2.05, 4.69) is 5.32 Å². The van der Waals surface area contributed by atoms with Crippen LogP contribution in [0.25, 0.3) is 0 Å². The van der Waals surface area contributed by atoms with Gasteiger partial charge in [0.15, 0.2) is 0 Å². The normalized spacial score (nSPS) is 18.8. The summed E-state index contributed by atoms with van der Waals surface area (Å²) in [5, 5.41) is 12.2. The van der Waals surface area contributed by atoms with E-state index in [0.29, 0.717) is 31.6 Å². The fourth-order valence-electron chi connectivity index (χ4n) is 2.29. The van der Waals surface area contributed by atoms with Crippen LogP contribution in [-0.4, -0.2) is 30.0 Å². The molecule has 102 valence electrons. The van der Waals surface area contributed by atoms with Gasteiger partial charge in [-0.3, -0.25) is 9.59 Å². The molecule has 1 aromatic rings. The highest BCUT2D eigenvalue weighted by Crippen LogP contribution is 2.23. The summed E-state index contributed by atoms with van der Waals surface area (Å²) < 4.78 is 0. The average molecular weight is 262 g/mol. The largest absolute Gasteiger partial charge is 0.508 e. The Labute approximate surface area is 112 Å². The molecule has 1 atom stereocenters. The van der Waals surface area contributed by atoms with Crippen molar-refractivity contribution in [3.05, 3.63) is 24.3 Å². The molecule has 0 saturated carbocycles. The minimum absolute atomic E-state index is 0.00412.